The number of carbonyl (C=O) groups excluding carboxylic acids is 1. The molecule has 166 valence electrons. The Hall–Kier alpha value is -3.06. The van der Waals surface area contributed by atoms with E-state index >= 15 is 0 Å². The Kier molecular flexibility index (Phi) is 7.18. The molecule has 0 aliphatic rings. The van der Waals surface area contributed by atoms with Crippen molar-refractivity contribution < 1.29 is 4.79 Å². The lowest BCUT2D eigenvalue weighted by molar-refractivity contribution is -0.115. The summed E-state index contributed by atoms with van der Waals surface area (Å²) in [4.78, 5) is 16.9. The summed E-state index contributed by atoms with van der Waals surface area (Å²) >= 11 is 13.4. The van der Waals surface area contributed by atoms with Gasteiger partial charge in [0.05, 0.1) is 15.2 Å². The lowest BCUT2D eigenvalue weighted by Gasteiger charge is -2.10. The van der Waals surface area contributed by atoms with Crippen LogP contribution in [0.2, 0.25) is 5.02 Å². The van der Waals surface area contributed by atoms with Gasteiger partial charge in [0.25, 0.3) is 0 Å². The fourth-order valence-corrected chi connectivity index (χ4v) is 4.78. The Morgan fingerprint density at radius 3 is 2.55 bits per heavy atom. The van der Waals surface area contributed by atoms with E-state index in [0.29, 0.717) is 16.6 Å². The smallest absolute Gasteiger partial charge is 0.250 e. The predicted molar refractivity (Wildman–Crippen MR) is 144 cm³/mol. The Balaban J connectivity index is 1.37. The molecule has 0 saturated carbocycles. The molecule has 0 atom stereocenters. The second-order valence-electron chi connectivity index (χ2n) is 7.78. The highest BCUT2D eigenvalue weighted by Crippen LogP contribution is 2.35. The number of nitrogens with one attached hydrogen (secondary N) is 2. The summed E-state index contributed by atoms with van der Waals surface area (Å²) in [6.45, 7) is 4.29. The van der Waals surface area contributed by atoms with Crippen LogP contribution in [0.3, 0.4) is 0 Å². The van der Waals surface area contributed by atoms with Gasteiger partial charge in [-0.2, -0.15) is 0 Å². The number of amides is 1. The molecule has 0 aliphatic heterocycles. The number of carbonyl (C=O) groups is 1. The van der Waals surface area contributed by atoms with E-state index in [2.05, 4.69) is 41.6 Å². The molecule has 1 heterocycles. The summed E-state index contributed by atoms with van der Waals surface area (Å²) in [5.41, 5.74) is 4.69. The molecule has 1 aromatic heterocycles. The lowest BCUT2D eigenvalue weighted by Crippen LogP contribution is -2.32. The van der Waals surface area contributed by atoms with Crippen LogP contribution < -0.4 is 10.6 Å². The van der Waals surface area contributed by atoms with E-state index in [1.54, 1.807) is 23.5 Å². The van der Waals surface area contributed by atoms with Crippen LogP contribution in [0, 0.1) is 0 Å². The highest BCUT2D eigenvalue weighted by atomic mass is 35.5. The second-order valence-corrected chi connectivity index (χ2v) is 9.63. The van der Waals surface area contributed by atoms with E-state index in [-0.39, 0.29) is 11.0 Å². The number of para-hydroxylation sites is 1. The second kappa shape index (κ2) is 10.3. The maximum atomic E-state index is 12.2. The van der Waals surface area contributed by atoms with E-state index in [0.717, 1.165) is 26.4 Å². The fourth-order valence-electron chi connectivity index (χ4n) is 3.23. The zero-order valence-electron chi connectivity index (χ0n) is 18.1. The van der Waals surface area contributed by atoms with Crippen molar-refractivity contribution in [1.82, 2.24) is 10.3 Å². The number of hydrogen-bond donors (Lipinski definition) is 2. The molecule has 0 saturated heterocycles. The normalized spacial score (nSPS) is 11.3. The first-order valence-electron chi connectivity index (χ1n) is 10.4. The molecule has 0 unspecified atom stereocenters. The summed E-state index contributed by atoms with van der Waals surface area (Å²) in [5, 5.41) is 7.26. The third-order valence-electron chi connectivity index (χ3n) is 5.02. The van der Waals surface area contributed by atoms with Gasteiger partial charge in [0, 0.05) is 17.3 Å². The van der Waals surface area contributed by atoms with E-state index in [4.69, 9.17) is 23.8 Å². The van der Waals surface area contributed by atoms with Gasteiger partial charge in [-0.05, 0) is 65.7 Å². The van der Waals surface area contributed by atoms with Crippen LogP contribution in [-0.2, 0) is 4.79 Å². The van der Waals surface area contributed by atoms with Crippen LogP contribution in [0.15, 0.2) is 72.8 Å². The monoisotopic (exact) mass is 491 g/mol. The van der Waals surface area contributed by atoms with Crippen LogP contribution in [0.4, 0.5) is 5.69 Å². The van der Waals surface area contributed by atoms with Gasteiger partial charge in [0.2, 0.25) is 5.91 Å². The average molecular weight is 492 g/mol. The van der Waals surface area contributed by atoms with E-state index in [9.17, 15) is 4.79 Å². The van der Waals surface area contributed by atoms with Crippen molar-refractivity contribution in [2.45, 2.75) is 19.8 Å². The van der Waals surface area contributed by atoms with Crippen LogP contribution in [0.1, 0.15) is 30.9 Å². The quantitative estimate of drug-likeness (QED) is 0.228. The van der Waals surface area contributed by atoms with E-state index in [1.165, 1.54) is 11.6 Å². The van der Waals surface area contributed by atoms with Crippen LogP contribution in [0.25, 0.3) is 26.9 Å². The number of aromatic nitrogens is 1. The number of thiocarbonyl (C=S) groups is 1. The standard InChI is InChI=1S/C26H22ClN3OS2/c1-16(2)18-10-7-17(8-11-18)9-14-24(31)30-26(32)28-19-12-13-20(21(27)15-19)25-29-22-5-3-4-6-23(22)33-25/h3-16H,1-2H3,(H2,28,30,31,32)/b14-9+. The fraction of sp³-hybridized carbons (Fsp3) is 0.115. The summed E-state index contributed by atoms with van der Waals surface area (Å²) in [7, 11) is 0. The predicted octanol–water partition coefficient (Wildman–Crippen LogP) is 7.27. The molecule has 0 fully saturated rings. The van der Waals surface area contributed by atoms with Crippen molar-refractivity contribution in [3.63, 3.8) is 0 Å². The Bertz CT molecular complexity index is 1310. The van der Waals surface area contributed by atoms with Gasteiger partial charge in [-0.3, -0.25) is 10.1 Å². The van der Waals surface area contributed by atoms with Crippen molar-refractivity contribution in [3.05, 3.63) is 89.0 Å². The van der Waals surface area contributed by atoms with Gasteiger partial charge in [0.1, 0.15) is 5.01 Å². The molecule has 4 nitrogen and oxygen atoms in total. The molecule has 4 rings (SSSR count). The van der Waals surface area contributed by atoms with Gasteiger partial charge in [-0.25, -0.2) is 4.98 Å². The number of rotatable bonds is 5. The lowest BCUT2D eigenvalue weighted by atomic mass is 10.0. The molecule has 4 aromatic rings. The largest absolute Gasteiger partial charge is 0.332 e. The van der Waals surface area contributed by atoms with Crippen molar-refractivity contribution >= 4 is 68.2 Å². The number of benzene rings is 3. The average Bonchev–Trinajstić information content (AvgIpc) is 3.22. The maximum Gasteiger partial charge on any atom is 0.250 e. The molecule has 0 bridgehead atoms. The Labute approximate surface area is 207 Å². The van der Waals surface area contributed by atoms with Crippen molar-refractivity contribution in [1.29, 1.82) is 0 Å². The van der Waals surface area contributed by atoms with Crippen molar-refractivity contribution in [2.24, 2.45) is 0 Å². The molecule has 0 aliphatic carbocycles. The minimum Gasteiger partial charge on any atom is -0.332 e. The van der Waals surface area contributed by atoms with Gasteiger partial charge < -0.3 is 5.32 Å². The minimum absolute atomic E-state index is 0.198. The first-order chi connectivity index (χ1) is 15.9. The third kappa shape index (κ3) is 5.85. The number of fused-ring (bicyclic) bond motifs is 1. The molecule has 3 aromatic carbocycles. The molecular weight excluding hydrogens is 470 g/mol. The first-order valence-corrected chi connectivity index (χ1v) is 12.0. The van der Waals surface area contributed by atoms with Crippen molar-refractivity contribution in [3.8, 4) is 10.6 Å². The third-order valence-corrected chi connectivity index (χ3v) is 6.60. The summed E-state index contributed by atoms with van der Waals surface area (Å²) in [5.74, 6) is 0.163. The highest BCUT2D eigenvalue weighted by Gasteiger charge is 2.11. The summed E-state index contributed by atoms with van der Waals surface area (Å²) < 4.78 is 1.11. The molecule has 7 heteroatoms. The minimum atomic E-state index is -0.308. The van der Waals surface area contributed by atoms with E-state index in [1.807, 2.05) is 48.5 Å². The molecule has 0 radical (unpaired) electrons. The maximum absolute atomic E-state index is 12.2. The van der Waals surface area contributed by atoms with Crippen molar-refractivity contribution in [2.75, 3.05) is 5.32 Å². The SMILES string of the molecule is CC(C)c1ccc(/C=C/C(=O)NC(=S)Nc2ccc(-c3nc4ccccc4s3)c(Cl)c2)cc1. The zero-order valence-corrected chi connectivity index (χ0v) is 20.5. The van der Waals surface area contributed by atoms with E-state index < -0.39 is 0 Å². The van der Waals surface area contributed by atoms with Gasteiger partial charge in [-0.15, -0.1) is 11.3 Å². The molecule has 1 amide bonds. The Morgan fingerprint density at radius 2 is 1.85 bits per heavy atom. The molecular formula is C26H22ClN3OS2. The highest BCUT2D eigenvalue weighted by molar-refractivity contribution is 7.80. The molecule has 33 heavy (non-hydrogen) atoms. The Morgan fingerprint density at radius 1 is 1.09 bits per heavy atom. The number of halogens is 1. The van der Waals surface area contributed by atoms with Crippen LogP contribution in [0.5, 0.6) is 0 Å². The molecule has 2 N–H and O–H groups in total. The van der Waals surface area contributed by atoms with Gasteiger partial charge in [-0.1, -0.05) is 61.8 Å². The van der Waals surface area contributed by atoms with Crippen LogP contribution >= 0.6 is 35.2 Å². The number of hydrogen-bond acceptors (Lipinski definition) is 4. The summed E-state index contributed by atoms with van der Waals surface area (Å²) in [6, 6.07) is 21.6. The number of nitrogens with zero attached hydrogens (tertiary/aromatic N) is 1. The van der Waals surface area contributed by atoms with Gasteiger partial charge >= 0.3 is 0 Å². The van der Waals surface area contributed by atoms with Gasteiger partial charge in [0.15, 0.2) is 5.11 Å². The number of anilines is 1. The zero-order chi connectivity index (χ0) is 23.4. The van der Waals surface area contributed by atoms with Crippen LogP contribution in [-0.4, -0.2) is 16.0 Å². The number of thiazole rings is 1. The molecule has 0 spiro atoms. The summed E-state index contributed by atoms with van der Waals surface area (Å²) in [6.07, 6.45) is 3.22. The topological polar surface area (TPSA) is 54.0 Å². The first kappa shape index (κ1) is 23.1.